The predicted octanol–water partition coefficient (Wildman–Crippen LogP) is 2.14. The standard InChI is InChI=1S/C13H17NO3/c1-8(13(15)16)5-10-6-9-7-11(17-2)3-4-12(9)14-10/h3-4,7-8,10,14H,5-6H2,1-2H3,(H,15,16). The Morgan fingerprint density at radius 2 is 2.41 bits per heavy atom. The zero-order valence-electron chi connectivity index (χ0n) is 10.1. The minimum atomic E-state index is -0.736. The van der Waals surface area contributed by atoms with E-state index in [1.165, 1.54) is 5.56 Å². The number of rotatable bonds is 4. The second kappa shape index (κ2) is 4.65. The molecule has 1 aliphatic heterocycles. The Bertz CT molecular complexity index is 431. The normalized spacial score (nSPS) is 19.3. The summed E-state index contributed by atoms with van der Waals surface area (Å²) < 4.78 is 5.17. The molecule has 4 heteroatoms. The highest BCUT2D eigenvalue weighted by molar-refractivity contribution is 5.70. The first-order chi connectivity index (χ1) is 8.10. The third kappa shape index (κ3) is 2.52. The Balaban J connectivity index is 2.03. The van der Waals surface area contributed by atoms with Gasteiger partial charge in [0.2, 0.25) is 0 Å². The third-order valence-electron chi connectivity index (χ3n) is 3.20. The van der Waals surface area contributed by atoms with Crippen LogP contribution in [0, 0.1) is 5.92 Å². The highest BCUT2D eigenvalue weighted by Gasteiger charge is 2.24. The Hall–Kier alpha value is -1.71. The number of carboxylic acid groups (broad SMARTS) is 1. The van der Waals surface area contributed by atoms with E-state index < -0.39 is 5.97 Å². The van der Waals surface area contributed by atoms with Gasteiger partial charge in [0.05, 0.1) is 13.0 Å². The maximum Gasteiger partial charge on any atom is 0.306 e. The summed E-state index contributed by atoms with van der Waals surface area (Å²) in [4.78, 5) is 10.8. The van der Waals surface area contributed by atoms with Crippen LogP contribution in [-0.4, -0.2) is 24.2 Å². The molecule has 0 aromatic heterocycles. The smallest absolute Gasteiger partial charge is 0.306 e. The van der Waals surface area contributed by atoms with E-state index in [-0.39, 0.29) is 12.0 Å². The summed E-state index contributed by atoms with van der Waals surface area (Å²) in [6, 6.07) is 6.12. The number of benzene rings is 1. The van der Waals surface area contributed by atoms with Crippen molar-refractivity contribution in [2.75, 3.05) is 12.4 Å². The average Bonchev–Trinajstić information content (AvgIpc) is 2.69. The SMILES string of the molecule is COc1ccc2c(c1)CC(CC(C)C(=O)O)N2. The summed E-state index contributed by atoms with van der Waals surface area (Å²) in [5.41, 5.74) is 2.29. The first-order valence-corrected chi connectivity index (χ1v) is 5.76. The number of aliphatic carboxylic acids is 1. The zero-order chi connectivity index (χ0) is 12.4. The van der Waals surface area contributed by atoms with Crippen molar-refractivity contribution in [3.8, 4) is 5.75 Å². The molecule has 0 saturated heterocycles. The van der Waals surface area contributed by atoms with E-state index in [2.05, 4.69) is 5.32 Å². The average molecular weight is 235 g/mol. The third-order valence-corrected chi connectivity index (χ3v) is 3.20. The number of methoxy groups -OCH3 is 1. The van der Waals surface area contributed by atoms with Crippen LogP contribution in [0.2, 0.25) is 0 Å². The largest absolute Gasteiger partial charge is 0.497 e. The molecule has 0 amide bonds. The number of carboxylic acids is 1. The van der Waals surface area contributed by atoms with Gasteiger partial charge in [-0.25, -0.2) is 0 Å². The van der Waals surface area contributed by atoms with Crippen LogP contribution in [0.1, 0.15) is 18.9 Å². The molecule has 2 unspecified atom stereocenters. The lowest BCUT2D eigenvalue weighted by Crippen LogP contribution is -2.22. The van der Waals surface area contributed by atoms with E-state index >= 15 is 0 Å². The van der Waals surface area contributed by atoms with Crippen LogP contribution in [0.25, 0.3) is 0 Å². The molecule has 1 heterocycles. The lowest BCUT2D eigenvalue weighted by Gasteiger charge is -2.13. The van der Waals surface area contributed by atoms with E-state index in [0.29, 0.717) is 6.42 Å². The molecule has 17 heavy (non-hydrogen) atoms. The van der Waals surface area contributed by atoms with Gasteiger partial charge in [-0.2, -0.15) is 0 Å². The molecule has 1 aromatic carbocycles. The number of nitrogens with one attached hydrogen (secondary N) is 1. The van der Waals surface area contributed by atoms with E-state index in [1.54, 1.807) is 14.0 Å². The maximum absolute atomic E-state index is 10.8. The number of hydrogen-bond acceptors (Lipinski definition) is 3. The molecule has 2 rings (SSSR count). The quantitative estimate of drug-likeness (QED) is 0.839. The molecular weight excluding hydrogens is 218 g/mol. The van der Waals surface area contributed by atoms with Crippen LogP contribution >= 0.6 is 0 Å². The lowest BCUT2D eigenvalue weighted by molar-refractivity contribution is -0.141. The fourth-order valence-electron chi connectivity index (χ4n) is 2.21. The molecule has 1 aromatic rings. The minimum Gasteiger partial charge on any atom is -0.497 e. The molecular formula is C13H17NO3. The lowest BCUT2D eigenvalue weighted by atomic mass is 9.99. The summed E-state index contributed by atoms with van der Waals surface area (Å²) in [7, 11) is 1.65. The number of anilines is 1. The van der Waals surface area contributed by atoms with Crippen molar-refractivity contribution >= 4 is 11.7 Å². The summed E-state index contributed by atoms with van der Waals surface area (Å²) >= 11 is 0. The van der Waals surface area contributed by atoms with Crippen LogP contribution in [0.3, 0.4) is 0 Å². The number of fused-ring (bicyclic) bond motifs is 1. The molecule has 0 radical (unpaired) electrons. The number of carbonyl (C=O) groups is 1. The van der Waals surface area contributed by atoms with Crippen LogP contribution in [0.15, 0.2) is 18.2 Å². The van der Waals surface area contributed by atoms with Gasteiger partial charge in [-0.1, -0.05) is 6.92 Å². The molecule has 1 aliphatic rings. The van der Waals surface area contributed by atoms with Crippen LogP contribution in [0.4, 0.5) is 5.69 Å². The molecule has 0 spiro atoms. The number of ether oxygens (including phenoxy) is 1. The fraction of sp³-hybridized carbons (Fsp3) is 0.462. The molecule has 0 saturated carbocycles. The topological polar surface area (TPSA) is 58.6 Å². The molecule has 4 nitrogen and oxygen atoms in total. The predicted molar refractivity (Wildman–Crippen MR) is 65.5 cm³/mol. The van der Waals surface area contributed by atoms with E-state index in [4.69, 9.17) is 9.84 Å². The molecule has 0 bridgehead atoms. The van der Waals surface area contributed by atoms with Crippen molar-refractivity contribution in [2.24, 2.45) is 5.92 Å². The van der Waals surface area contributed by atoms with Crippen molar-refractivity contribution in [1.29, 1.82) is 0 Å². The second-order valence-electron chi connectivity index (χ2n) is 4.54. The number of hydrogen-bond donors (Lipinski definition) is 2. The first kappa shape index (κ1) is 11.8. The molecule has 2 N–H and O–H groups in total. The summed E-state index contributed by atoms with van der Waals surface area (Å²) in [5, 5.41) is 12.2. The van der Waals surface area contributed by atoms with Gasteiger partial charge in [0.15, 0.2) is 0 Å². The van der Waals surface area contributed by atoms with E-state index in [0.717, 1.165) is 17.9 Å². The van der Waals surface area contributed by atoms with Gasteiger partial charge in [-0.05, 0) is 36.6 Å². The van der Waals surface area contributed by atoms with Crippen molar-refractivity contribution < 1.29 is 14.6 Å². The second-order valence-corrected chi connectivity index (χ2v) is 4.54. The Labute approximate surface area is 101 Å². The van der Waals surface area contributed by atoms with Gasteiger partial charge < -0.3 is 15.2 Å². The van der Waals surface area contributed by atoms with Crippen LogP contribution in [-0.2, 0) is 11.2 Å². The van der Waals surface area contributed by atoms with Gasteiger partial charge in [-0.3, -0.25) is 4.79 Å². The van der Waals surface area contributed by atoms with Crippen molar-refractivity contribution in [3.05, 3.63) is 23.8 Å². The monoisotopic (exact) mass is 235 g/mol. The summed E-state index contributed by atoms with van der Waals surface area (Å²) in [6.45, 7) is 1.74. The fourth-order valence-corrected chi connectivity index (χ4v) is 2.21. The van der Waals surface area contributed by atoms with Gasteiger partial charge in [0.1, 0.15) is 5.75 Å². The van der Waals surface area contributed by atoms with E-state index in [9.17, 15) is 4.79 Å². The van der Waals surface area contributed by atoms with Crippen molar-refractivity contribution in [3.63, 3.8) is 0 Å². The van der Waals surface area contributed by atoms with Crippen LogP contribution < -0.4 is 10.1 Å². The summed E-state index contributed by atoms with van der Waals surface area (Å²) in [6.07, 6.45) is 1.51. The molecule has 92 valence electrons. The highest BCUT2D eigenvalue weighted by Crippen LogP contribution is 2.31. The van der Waals surface area contributed by atoms with Crippen molar-refractivity contribution in [2.45, 2.75) is 25.8 Å². The molecule has 0 aliphatic carbocycles. The van der Waals surface area contributed by atoms with Crippen LogP contribution in [0.5, 0.6) is 5.75 Å². The molecule has 0 fully saturated rings. The Kier molecular flexibility index (Phi) is 3.22. The summed E-state index contributed by atoms with van der Waals surface area (Å²) in [5.74, 6) is -0.207. The molecule has 2 atom stereocenters. The highest BCUT2D eigenvalue weighted by atomic mass is 16.5. The maximum atomic E-state index is 10.8. The van der Waals surface area contributed by atoms with E-state index in [1.807, 2.05) is 18.2 Å². The van der Waals surface area contributed by atoms with Gasteiger partial charge in [-0.15, -0.1) is 0 Å². The Morgan fingerprint density at radius 3 is 3.06 bits per heavy atom. The van der Waals surface area contributed by atoms with Gasteiger partial charge >= 0.3 is 5.97 Å². The minimum absolute atomic E-state index is 0.211. The first-order valence-electron chi connectivity index (χ1n) is 5.76. The zero-order valence-corrected chi connectivity index (χ0v) is 10.1. The van der Waals surface area contributed by atoms with Crippen molar-refractivity contribution in [1.82, 2.24) is 0 Å². The van der Waals surface area contributed by atoms with Gasteiger partial charge in [0.25, 0.3) is 0 Å². The van der Waals surface area contributed by atoms with Gasteiger partial charge in [0, 0.05) is 11.7 Å². The Morgan fingerprint density at radius 1 is 1.65 bits per heavy atom.